The van der Waals surface area contributed by atoms with Gasteiger partial charge in [-0.1, -0.05) is 104 Å². The van der Waals surface area contributed by atoms with E-state index in [4.69, 9.17) is 10.5 Å². The molecule has 344 valence electrons. The molecule has 3 heterocycles. The van der Waals surface area contributed by atoms with Gasteiger partial charge in [0.1, 0.15) is 5.75 Å². The predicted molar refractivity (Wildman–Crippen MR) is 261 cm³/mol. The maximum absolute atomic E-state index is 12.5. The quantitative estimate of drug-likeness (QED) is 0.0540. The van der Waals surface area contributed by atoms with Crippen LogP contribution in [0.5, 0.6) is 5.75 Å². The van der Waals surface area contributed by atoms with Crippen molar-refractivity contribution in [2.24, 2.45) is 0 Å². The Kier molecular flexibility index (Phi) is 24.3. The third-order valence-corrected chi connectivity index (χ3v) is 14.1. The van der Waals surface area contributed by atoms with Crippen LogP contribution in [0.4, 0.5) is 24.5 Å². The summed E-state index contributed by atoms with van der Waals surface area (Å²) in [6.07, 6.45) is 8.93. The molecule has 3 saturated heterocycles. The molecule has 7 rings (SSSR count). The van der Waals surface area contributed by atoms with Gasteiger partial charge in [0.2, 0.25) is 0 Å². The van der Waals surface area contributed by atoms with E-state index in [0.717, 1.165) is 47.0 Å². The summed E-state index contributed by atoms with van der Waals surface area (Å²) in [5, 5.41) is 3.14. The second kappa shape index (κ2) is 28.4. The zero-order chi connectivity index (χ0) is 46.4. The van der Waals surface area contributed by atoms with Crippen LogP contribution >= 0.6 is 17.8 Å². The van der Waals surface area contributed by atoms with E-state index >= 15 is 0 Å². The van der Waals surface area contributed by atoms with Crippen LogP contribution in [0.2, 0.25) is 0 Å². The van der Waals surface area contributed by atoms with E-state index in [2.05, 4.69) is 94.3 Å². The molecule has 3 fully saturated rings. The fourth-order valence-corrected chi connectivity index (χ4v) is 11.2. The van der Waals surface area contributed by atoms with Crippen LogP contribution in [0, 0.1) is 13.5 Å². The van der Waals surface area contributed by atoms with Gasteiger partial charge in [-0.2, -0.15) is 17.8 Å². The van der Waals surface area contributed by atoms with Gasteiger partial charge in [0.25, 0.3) is 0 Å². The molecule has 0 aromatic heterocycles. The number of nitrogens with zero attached hydrogens (tertiary/aromatic N) is 4. The Morgan fingerprint density at radius 3 is 1.79 bits per heavy atom. The van der Waals surface area contributed by atoms with Crippen LogP contribution in [-0.4, -0.2) is 95.4 Å². The van der Waals surface area contributed by atoms with Crippen molar-refractivity contribution in [1.82, 2.24) is 19.4 Å². The summed E-state index contributed by atoms with van der Waals surface area (Å²) in [7, 11) is 9.93. The molecule has 7 nitrogen and oxygen atoms in total. The average Bonchev–Trinajstić information content (AvgIpc) is 3.78. The Labute approximate surface area is 391 Å². The third-order valence-electron chi connectivity index (χ3n) is 10.6. The molecule has 0 saturated carbocycles. The number of allylic oxidation sites excluding steroid dienone is 2. The molecule has 3 N–H and O–H groups in total. The first-order valence-corrected chi connectivity index (χ1v) is 25.0. The Bertz CT molecular complexity index is 1900. The number of fused-ring (bicyclic) bond motifs is 2. The van der Waals surface area contributed by atoms with Crippen molar-refractivity contribution in [3.8, 4) is 5.75 Å². The number of nitrogens with one attached hydrogen (secondary N) is 1. The number of hydrogen-bond acceptors (Lipinski definition) is 7. The van der Waals surface area contributed by atoms with Crippen LogP contribution in [-0.2, 0) is 23.5 Å². The van der Waals surface area contributed by atoms with Crippen molar-refractivity contribution in [3.05, 3.63) is 164 Å². The van der Waals surface area contributed by atoms with Gasteiger partial charge in [-0.05, 0) is 107 Å². The van der Waals surface area contributed by atoms with Crippen LogP contribution in [0.25, 0.3) is 12.2 Å². The van der Waals surface area contributed by atoms with Crippen molar-refractivity contribution < 1.29 is 35.2 Å². The number of rotatable bonds is 10. The van der Waals surface area contributed by atoms with Crippen LogP contribution in [0.1, 0.15) is 51.3 Å². The van der Waals surface area contributed by atoms with Crippen molar-refractivity contribution in [2.45, 2.75) is 70.5 Å². The fourth-order valence-electron chi connectivity index (χ4n) is 7.66. The number of ether oxygens (including phenoxy) is 1. The molecule has 0 bridgehead atoms. The normalized spacial score (nSPS) is 18.5. The molecule has 3 unspecified atom stereocenters. The monoisotopic (exact) mass is 993 g/mol. The number of methoxy groups -OCH3 is 1. The molecule has 0 radical (unpaired) electrons. The van der Waals surface area contributed by atoms with Gasteiger partial charge >= 0.3 is 33.2 Å². The first-order valence-electron chi connectivity index (χ1n) is 21.3. The van der Waals surface area contributed by atoms with Gasteiger partial charge < -0.3 is 30.5 Å². The summed E-state index contributed by atoms with van der Waals surface area (Å²) >= 11 is 2.02. The van der Waals surface area contributed by atoms with Crippen molar-refractivity contribution in [3.63, 3.8) is 0 Å². The SMILES string of the molecule is C=C/C=C/c1ccccc1.CC(/C=C/c1ccccc1)Nc1ccc(C(F)(F)F)cc1.COc1ccc(N)cc1.[CH2-]N1CCN2CCN3CCN([PH+](C(C)C)C(C)C)C3[CH-]C12.[Cl][Rh+2]. The Hall–Kier alpha value is -3.53. The van der Waals surface area contributed by atoms with Gasteiger partial charge in [0.05, 0.1) is 32.1 Å². The minimum absolute atomic E-state index is 0.0157. The van der Waals surface area contributed by atoms with E-state index in [-0.39, 0.29) is 6.04 Å². The van der Waals surface area contributed by atoms with Crippen LogP contribution < -0.4 is 15.8 Å². The Morgan fingerprint density at radius 2 is 1.29 bits per heavy atom. The molecule has 0 aliphatic carbocycles. The first kappa shape index (κ1) is 53.8. The number of halogens is 4. The molecular formula is C50H67ClF3N6OPRh+. The average molecular weight is 994 g/mol. The van der Waals surface area contributed by atoms with Crippen LogP contribution in [0.15, 0.2) is 134 Å². The molecule has 3 aliphatic rings. The summed E-state index contributed by atoms with van der Waals surface area (Å²) in [6.45, 7) is 22.4. The molecule has 3 aliphatic heterocycles. The maximum atomic E-state index is 12.5. The van der Waals surface area contributed by atoms with Crippen molar-refractivity contribution >= 4 is 41.3 Å². The van der Waals surface area contributed by atoms with Gasteiger partial charge in [-0.3, -0.25) is 13.5 Å². The van der Waals surface area contributed by atoms with Gasteiger partial charge in [0.15, 0.2) is 0 Å². The van der Waals surface area contributed by atoms with Gasteiger partial charge in [0, 0.05) is 50.1 Å². The Morgan fingerprint density at radius 1 is 0.778 bits per heavy atom. The topological polar surface area (TPSA) is 60.2 Å². The van der Waals surface area contributed by atoms with Gasteiger partial charge in [-0.25, -0.2) is 0 Å². The summed E-state index contributed by atoms with van der Waals surface area (Å²) in [4.78, 5) is 7.57. The molecule has 0 spiro atoms. The van der Waals surface area contributed by atoms with E-state index < -0.39 is 19.8 Å². The van der Waals surface area contributed by atoms with Crippen molar-refractivity contribution in [1.29, 1.82) is 0 Å². The number of benzene rings is 4. The molecule has 63 heavy (non-hydrogen) atoms. The van der Waals surface area contributed by atoms with Gasteiger partial charge in [-0.15, -0.1) is 0 Å². The molecule has 4 aromatic carbocycles. The molecule has 0 amide bonds. The van der Waals surface area contributed by atoms with E-state index in [1.165, 1.54) is 50.4 Å². The van der Waals surface area contributed by atoms with Crippen LogP contribution in [0.3, 0.4) is 0 Å². The molecular weight excluding hydrogens is 927 g/mol. The van der Waals surface area contributed by atoms with E-state index in [9.17, 15) is 13.2 Å². The van der Waals surface area contributed by atoms with Crippen molar-refractivity contribution in [2.75, 3.05) is 57.4 Å². The second-order valence-corrected chi connectivity index (χ2v) is 19.6. The number of nitrogen functional groups attached to an aromatic ring is 1. The number of anilines is 2. The Balaban J connectivity index is 0.000000235. The summed E-state index contributed by atoms with van der Waals surface area (Å²) in [6, 6.07) is 32.3. The van der Waals surface area contributed by atoms with E-state index in [1.807, 2.05) is 109 Å². The molecule has 4 aromatic rings. The van der Waals surface area contributed by atoms with E-state index in [1.54, 1.807) is 25.3 Å². The van der Waals surface area contributed by atoms with E-state index in [0.29, 0.717) is 18.0 Å². The first-order chi connectivity index (χ1) is 30.2. The summed E-state index contributed by atoms with van der Waals surface area (Å²) < 4.78 is 45.1. The zero-order valence-electron chi connectivity index (χ0n) is 37.5. The zero-order valence-corrected chi connectivity index (χ0v) is 40.9. The third kappa shape index (κ3) is 18.5. The molecule has 13 heteroatoms. The molecule has 3 atom stereocenters. The summed E-state index contributed by atoms with van der Waals surface area (Å²) in [5.74, 6) is 0.837. The summed E-state index contributed by atoms with van der Waals surface area (Å²) in [5.41, 5.74) is 10.1. The number of nitrogens with two attached hydrogens (primary N) is 1. The number of alkyl halides is 3. The predicted octanol–water partition coefficient (Wildman–Crippen LogP) is 11.9. The second-order valence-electron chi connectivity index (χ2n) is 15.9. The minimum atomic E-state index is -4.29. The fraction of sp³-hybridized carbons (Fsp3) is 0.360. The number of hydrogen-bond donors (Lipinski definition) is 2. The standard InChI is InChI=1S/C17H16F3N.C16H31N4P.C10H10.C7H9NO.ClH.Rh/c1-13(7-8-14-5-3-2-4-6-14)21-16-11-9-15(10-12-16)17(18,19)20;1-13(2)21(14(3)4)20-11-10-19-9-8-18-7-6-17(5)15(18)12-16(19)20;1-2-3-7-10-8-5-4-6-9-10;1-9-7-4-2-6(8)3-5-7;;/h2-13,21H,1H3;12-16H,5-11H2,1-4H3;2-9H,1H2;2-5H,8H2,1H3;1H;/q;-2;;;;+3/b8-7+;;7-3+;;;.